The number of carbonyl (C=O) groups is 2. The average Bonchev–Trinajstić information content (AvgIpc) is 2.56. The fraction of sp³-hybridized carbons (Fsp3) is 0.176. The van der Waals surface area contributed by atoms with Gasteiger partial charge in [-0.1, -0.05) is 30.3 Å². The third kappa shape index (κ3) is 4.09. The van der Waals surface area contributed by atoms with Crippen LogP contribution in [0.25, 0.3) is 0 Å². The van der Waals surface area contributed by atoms with Crippen molar-refractivity contribution >= 4 is 17.5 Å². The monoisotopic (exact) mass is 298 g/mol. The van der Waals surface area contributed by atoms with Crippen molar-refractivity contribution in [2.75, 3.05) is 18.5 Å². The van der Waals surface area contributed by atoms with Gasteiger partial charge < -0.3 is 15.3 Å². The van der Waals surface area contributed by atoms with E-state index in [1.165, 1.54) is 4.90 Å². The summed E-state index contributed by atoms with van der Waals surface area (Å²) < 4.78 is 0. The van der Waals surface area contributed by atoms with Crippen LogP contribution in [0.1, 0.15) is 5.56 Å². The first-order valence-corrected chi connectivity index (χ1v) is 6.97. The summed E-state index contributed by atoms with van der Waals surface area (Å²) >= 11 is 0. The highest BCUT2D eigenvalue weighted by Crippen LogP contribution is 2.11. The topological polar surface area (TPSA) is 69.6 Å². The first-order chi connectivity index (χ1) is 10.6. The molecule has 2 aromatic carbocycles. The van der Waals surface area contributed by atoms with Crippen molar-refractivity contribution in [2.24, 2.45) is 0 Å². The second-order valence-electron chi connectivity index (χ2n) is 4.87. The van der Waals surface area contributed by atoms with Crippen LogP contribution < -0.4 is 10.2 Å². The number of benzene rings is 2. The standard InChI is InChI=1S/C17H18N2O3/c1-19(14-5-3-2-4-6-14)17(22)16(21)18-12-11-13-7-9-15(20)10-8-13/h2-10,20H,11-12H2,1H3,(H,18,21). The fourth-order valence-corrected chi connectivity index (χ4v) is 1.98. The van der Waals surface area contributed by atoms with Crippen LogP contribution in [0.2, 0.25) is 0 Å². The van der Waals surface area contributed by atoms with E-state index < -0.39 is 11.8 Å². The molecular weight excluding hydrogens is 280 g/mol. The lowest BCUT2D eigenvalue weighted by atomic mass is 10.1. The van der Waals surface area contributed by atoms with Gasteiger partial charge in [-0.15, -0.1) is 0 Å². The largest absolute Gasteiger partial charge is 0.508 e. The molecule has 0 saturated carbocycles. The van der Waals surface area contributed by atoms with Gasteiger partial charge >= 0.3 is 11.8 Å². The summed E-state index contributed by atoms with van der Waals surface area (Å²) in [5, 5.41) is 11.8. The number of likely N-dealkylation sites (N-methyl/N-ethyl adjacent to an activating group) is 1. The minimum atomic E-state index is -0.634. The number of hydrogen-bond acceptors (Lipinski definition) is 3. The van der Waals surface area contributed by atoms with Crippen molar-refractivity contribution in [3.05, 3.63) is 60.2 Å². The van der Waals surface area contributed by atoms with E-state index in [0.717, 1.165) is 5.56 Å². The number of phenols is 1. The fourth-order valence-electron chi connectivity index (χ4n) is 1.98. The quantitative estimate of drug-likeness (QED) is 0.844. The van der Waals surface area contributed by atoms with E-state index >= 15 is 0 Å². The maximum Gasteiger partial charge on any atom is 0.316 e. The zero-order valence-corrected chi connectivity index (χ0v) is 12.3. The van der Waals surface area contributed by atoms with Gasteiger partial charge in [0, 0.05) is 19.3 Å². The molecule has 0 aromatic heterocycles. The van der Waals surface area contributed by atoms with Gasteiger partial charge in [-0.25, -0.2) is 0 Å². The lowest BCUT2D eigenvalue weighted by molar-refractivity contribution is -0.137. The zero-order valence-electron chi connectivity index (χ0n) is 12.3. The molecule has 0 fully saturated rings. The summed E-state index contributed by atoms with van der Waals surface area (Å²) in [4.78, 5) is 25.2. The number of phenolic OH excluding ortho intramolecular Hbond substituents is 1. The molecule has 0 aliphatic heterocycles. The van der Waals surface area contributed by atoms with Gasteiger partial charge in [0.15, 0.2) is 0 Å². The Morgan fingerprint density at radius 3 is 2.32 bits per heavy atom. The van der Waals surface area contributed by atoms with Crippen LogP contribution in [-0.2, 0) is 16.0 Å². The number of hydrogen-bond donors (Lipinski definition) is 2. The van der Waals surface area contributed by atoms with Crippen molar-refractivity contribution in [1.29, 1.82) is 0 Å². The number of para-hydroxylation sites is 1. The molecule has 2 aromatic rings. The van der Waals surface area contributed by atoms with Crippen molar-refractivity contribution in [1.82, 2.24) is 5.32 Å². The molecule has 0 aliphatic carbocycles. The van der Waals surface area contributed by atoms with Gasteiger partial charge in [-0.3, -0.25) is 9.59 Å². The van der Waals surface area contributed by atoms with E-state index in [0.29, 0.717) is 18.7 Å². The molecule has 0 bridgehead atoms. The second kappa shape index (κ2) is 7.26. The van der Waals surface area contributed by atoms with E-state index in [1.807, 2.05) is 18.2 Å². The SMILES string of the molecule is CN(C(=O)C(=O)NCCc1ccc(O)cc1)c1ccccc1. The van der Waals surface area contributed by atoms with Crippen molar-refractivity contribution in [3.63, 3.8) is 0 Å². The summed E-state index contributed by atoms with van der Waals surface area (Å²) in [6.07, 6.45) is 0.592. The Balaban J connectivity index is 1.84. The Kier molecular flexibility index (Phi) is 5.14. The lowest BCUT2D eigenvalue weighted by Gasteiger charge is -2.16. The Morgan fingerprint density at radius 1 is 1.05 bits per heavy atom. The van der Waals surface area contributed by atoms with E-state index in [1.54, 1.807) is 43.4 Å². The lowest BCUT2D eigenvalue weighted by Crippen LogP contribution is -2.41. The van der Waals surface area contributed by atoms with Crippen molar-refractivity contribution in [2.45, 2.75) is 6.42 Å². The van der Waals surface area contributed by atoms with Crippen LogP contribution in [0, 0.1) is 0 Å². The number of nitrogens with one attached hydrogen (secondary N) is 1. The molecule has 2 rings (SSSR count). The Morgan fingerprint density at radius 2 is 1.68 bits per heavy atom. The van der Waals surface area contributed by atoms with E-state index in [-0.39, 0.29) is 5.75 Å². The van der Waals surface area contributed by atoms with Crippen LogP contribution in [-0.4, -0.2) is 30.5 Å². The molecular formula is C17H18N2O3. The molecule has 0 unspecified atom stereocenters. The summed E-state index contributed by atoms with van der Waals surface area (Å²) in [6, 6.07) is 15.7. The molecule has 22 heavy (non-hydrogen) atoms. The van der Waals surface area contributed by atoms with Crippen LogP contribution in [0.4, 0.5) is 5.69 Å². The minimum Gasteiger partial charge on any atom is -0.508 e. The molecule has 0 spiro atoms. The molecule has 0 radical (unpaired) electrons. The highest BCUT2D eigenvalue weighted by Gasteiger charge is 2.19. The average molecular weight is 298 g/mol. The summed E-state index contributed by atoms with van der Waals surface area (Å²) in [7, 11) is 1.57. The van der Waals surface area contributed by atoms with Gasteiger partial charge in [0.25, 0.3) is 0 Å². The minimum absolute atomic E-state index is 0.201. The first-order valence-electron chi connectivity index (χ1n) is 6.97. The predicted molar refractivity (Wildman–Crippen MR) is 84.7 cm³/mol. The molecule has 2 amide bonds. The van der Waals surface area contributed by atoms with E-state index in [9.17, 15) is 14.7 Å². The van der Waals surface area contributed by atoms with Gasteiger partial charge in [-0.05, 0) is 36.2 Å². The molecule has 2 N–H and O–H groups in total. The Bertz CT molecular complexity index is 639. The van der Waals surface area contributed by atoms with E-state index in [2.05, 4.69) is 5.32 Å². The number of anilines is 1. The van der Waals surface area contributed by atoms with Gasteiger partial charge in [0.2, 0.25) is 0 Å². The third-order valence-electron chi connectivity index (χ3n) is 3.28. The number of amides is 2. The number of nitrogens with zero attached hydrogens (tertiary/aromatic N) is 1. The summed E-state index contributed by atoms with van der Waals surface area (Å²) in [5.41, 5.74) is 1.64. The molecule has 5 nitrogen and oxygen atoms in total. The van der Waals surface area contributed by atoms with E-state index in [4.69, 9.17) is 0 Å². The first kappa shape index (κ1) is 15.6. The van der Waals surface area contributed by atoms with Gasteiger partial charge in [-0.2, -0.15) is 0 Å². The highest BCUT2D eigenvalue weighted by molar-refractivity contribution is 6.40. The number of aromatic hydroxyl groups is 1. The summed E-state index contributed by atoms with van der Waals surface area (Å²) in [6.45, 7) is 0.359. The predicted octanol–water partition coefficient (Wildman–Crippen LogP) is 1.71. The van der Waals surface area contributed by atoms with Crippen molar-refractivity contribution in [3.8, 4) is 5.75 Å². The van der Waals surface area contributed by atoms with Crippen LogP contribution in [0.15, 0.2) is 54.6 Å². The normalized spacial score (nSPS) is 10.0. The summed E-state index contributed by atoms with van der Waals surface area (Å²) in [5.74, 6) is -1.03. The number of rotatable bonds is 4. The van der Waals surface area contributed by atoms with Gasteiger partial charge in [0.05, 0.1) is 0 Å². The Labute approximate surface area is 129 Å². The van der Waals surface area contributed by atoms with Gasteiger partial charge in [0.1, 0.15) is 5.75 Å². The highest BCUT2D eigenvalue weighted by atomic mass is 16.3. The van der Waals surface area contributed by atoms with Crippen LogP contribution in [0.3, 0.4) is 0 Å². The maximum absolute atomic E-state index is 12.0. The number of carbonyl (C=O) groups excluding carboxylic acids is 2. The molecule has 5 heteroatoms. The molecule has 0 heterocycles. The molecule has 0 aliphatic rings. The second-order valence-corrected chi connectivity index (χ2v) is 4.87. The molecule has 0 saturated heterocycles. The zero-order chi connectivity index (χ0) is 15.9. The third-order valence-corrected chi connectivity index (χ3v) is 3.28. The van der Waals surface area contributed by atoms with Crippen LogP contribution >= 0.6 is 0 Å². The Hall–Kier alpha value is -2.82. The van der Waals surface area contributed by atoms with Crippen molar-refractivity contribution < 1.29 is 14.7 Å². The molecule has 0 atom stereocenters. The maximum atomic E-state index is 12.0. The molecule has 114 valence electrons. The van der Waals surface area contributed by atoms with Crippen LogP contribution in [0.5, 0.6) is 5.75 Å². The smallest absolute Gasteiger partial charge is 0.316 e.